The highest BCUT2D eigenvalue weighted by Crippen LogP contribution is 2.53. The van der Waals surface area contributed by atoms with Crippen LogP contribution in [0.2, 0.25) is 0 Å². The molecule has 11 heteroatoms. The summed E-state index contributed by atoms with van der Waals surface area (Å²) in [5.74, 6) is -3.10. The van der Waals surface area contributed by atoms with Crippen molar-refractivity contribution in [1.82, 2.24) is 10.2 Å². The molecule has 11 nitrogen and oxygen atoms in total. The number of ketones is 2. The summed E-state index contributed by atoms with van der Waals surface area (Å²) in [5.41, 5.74) is 18.6. The molecule has 1 spiro atoms. The summed E-state index contributed by atoms with van der Waals surface area (Å²) in [4.78, 5) is 68.9. The summed E-state index contributed by atoms with van der Waals surface area (Å²) in [6.07, 6.45) is 5.07. The number of carboxylic acids is 1. The Morgan fingerprint density at radius 1 is 0.827 bits per heavy atom. The summed E-state index contributed by atoms with van der Waals surface area (Å²) in [6.45, 7) is 5.42. The van der Waals surface area contributed by atoms with Gasteiger partial charge in [0.05, 0.1) is 12.1 Å². The van der Waals surface area contributed by atoms with Crippen LogP contribution in [0.5, 0.6) is 0 Å². The first kappa shape index (κ1) is 40.8. The van der Waals surface area contributed by atoms with Crippen LogP contribution in [0.1, 0.15) is 89.2 Å². The zero-order valence-electron chi connectivity index (χ0n) is 30.9. The fourth-order valence-corrected chi connectivity index (χ4v) is 8.05. The summed E-state index contributed by atoms with van der Waals surface area (Å²) in [7, 11) is 0. The van der Waals surface area contributed by atoms with Gasteiger partial charge in [-0.2, -0.15) is 0 Å². The molecule has 2 aromatic rings. The Bertz CT molecular complexity index is 1500. The number of nitrogens with one attached hydrogen (secondary N) is 1. The highest BCUT2D eigenvalue weighted by molar-refractivity contribution is 5.95. The maximum atomic E-state index is 14.1. The molecule has 0 radical (unpaired) electrons. The van der Waals surface area contributed by atoms with Crippen LogP contribution in [-0.2, 0) is 36.8 Å². The van der Waals surface area contributed by atoms with E-state index in [4.69, 9.17) is 17.2 Å². The number of carbonyl (C=O) groups is 5. The minimum Gasteiger partial charge on any atom is -0.480 e. The molecule has 284 valence electrons. The number of unbranched alkanes of at least 4 members (excludes halogenated alkanes) is 1. The van der Waals surface area contributed by atoms with Gasteiger partial charge in [0, 0.05) is 37.8 Å². The molecule has 2 amide bonds. The smallest absolute Gasteiger partial charge is 0.323 e. The van der Waals surface area contributed by atoms with Crippen molar-refractivity contribution in [3.8, 4) is 0 Å². The highest BCUT2D eigenvalue weighted by atomic mass is 16.4. The number of piperidine rings is 1. The summed E-state index contributed by atoms with van der Waals surface area (Å²) >= 11 is 0. The van der Waals surface area contributed by atoms with E-state index in [0.717, 1.165) is 17.5 Å². The number of amides is 2. The van der Waals surface area contributed by atoms with Crippen LogP contribution in [0.15, 0.2) is 60.7 Å². The number of hydrogen-bond acceptors (Lipinski definition) is 8. The number of aliphatic carboxylic acids is 1. The van der Waals surface area contributed by atoms with E-state index < -0.39 is 35.4 Å². The van der Waals surface area contributed by atoms with E-state index in [1.807, 2.05) is 74.5 Å². The van der Waals surface area contributed by atoms with E-state index >= 15 is 0 Å². The second-order valence-electron chi connectivity index (χ2n) is 15.8. The first-order valence-electron chi connectivity index (χ1n) is 18.9. The summed E-state index contributed by atoms with van der Waals surface area (Å²) in [5, 5.41) is 12.5. The topological polar surface area (TPSA) is 199 Å². The van der Waals surface area contributed by atoms with Crippen LogP contribution in [-0.4, -0.2) is 76.6 Å². The van der Waals surface area contributed by atoms with Crippen LogP contribution >= 0.6 is 0 Å². The second-order valence-corrected chi connectivity index (χ2v) is 15.8. The maximum Gasteiger partial charge on any atom is 0.323 e. The first-order chi connectivity index (χ1) is 24.7. The molecule has 1 heterocycles. The monoisotopic (exact) mass is 717 g/mol. The van der Waals surface area contributed by atoms with E-state index in [0.29, 0.717) is 77.4 Å². The van der Waals surface area contributed by atoms with Crippen LogP contribution in [0, 0.1) is 23.2 Å². The van der Waals surface area contributed by atoms with Gasteiger partial charge in [-0.25, -0.2) is 0 Å². The number of likely N-dealkylation sites (tertiary alicyclic amines) is 1. The SMILES string of the molecule is CC(C)C[C@@H](NC(=O)[C@H](CC(=O)[C@H](N)Cc1ccccc1)Cc1ccccc1)C(=O)C[C@H](CCCCN)C(=O)N1CCC2(CC1)CC(N)(C(=O)O)C2. The van der Waals surface area contributed by atoms with Crippen LogP contribution in [0.25, 0.3) is 0 Å². The average molecular weight is 718 g/mol. The van der Waals surface area contributed by atoms with Crippen molar-refractivity contribution >= 4 is 29.4 Å². The van der Waals surface area contributed by atoms with Gasteiger partial charge in [0.15, 0.2) is 11.6 Å². The fraction of sp³-hybridized carbons (Fsp3) is 0.585. The molecule has 0 bridgehead atoms. The molecule has 1 aliphatic carbocycles. The van der Waals surface area contributed by atoms with Gasteiger partial charge in [0.25, 0.3) is 0 Å². The fourth-order valence-electron chi connectivity index (χ4n) is 8.05. The van der Waals surface area contributed by atoms with Crippen molar-refractivity contribution in [2.75, 3.05) is 19.6 Å². The van der Waals surface area contributed by atoms with E-state index in [9.17, 15) is 29.1 Å². The number of hydrogen-bond donors (Lipinski definition) is 5. The molecule has 1 saturated heterocycles. The van der Waals surface area contributed by atoms with Gasteiger partial charge in [0.1, 0.15) is 5.54 Å². The molecule has 0 unspecified atom stereocenters. The lowest BCUT2D eigenvalue weighted by Gasteiger charge is -2.55. The van der Waals surface area contributed by atoms with Gasteiger partial charge >= 0.3 is 5.97 Å². The molecule has 52 heavy (non-hydrogen) atoms. The molecule has 8 N–H and O–H groups in total. The van der Waals surface area contributed by atoms with Gasteiger partial charge in [-0.1, -0.05) is 80.9 Å². The van der Waals surface area contributed by atoms with Gasteiger partial charge < -0.3 is 32.5 Å². The van der Waals surface area contributed by atoms with Crippen molar-refractivity contribution < 1.29 is 29.1 Å². The van der Waals surface area contributed by atoms with Crippen molar-refractivity contribution in [3.05, 3.63) is 71.8 Å². The molecule has 0 aromatic heterocycles. The lowest BCUT2D eigenvalue weighted by atomic mass is 9.54. The third-order valence-electron chi connectivity index (χ3n) is 11.0. The van der Waals surface area contributed by atoms with E-state index in [-0.39, 0.29) is 47.6 Å². The second kappa shape index (κ2) is 18.7. The largest absolute Gasteiger partial charge is 0.480 e. The Kier molecular flexibility index (Phi) is 14.7. The summed E-state index contributed by atoms with van der Waals surface area (Å²) < 4.78 is 0. The van der Waals surface area contributed by atoms with Gasteiger partial charge in [0.2, 0.25) is 11.8 Å². The molecule has 4 rings (SSSR count). The molecular weight excluding hydrogens is 658 g/mol. The Hall–Kier alpha value is -3.93. The standard InChI is InChI=1S/C41H59N5O6/c1-28(2)21-34(45-37(49)32(22-29-11-5-3-6-12-29)25-35(47)33(43)23-30-13-7-4-8-14-30)36(48)24-31(15-9-10-18-42)38(50)46-19-16-40(17-20-46)26-41(44,27-40)39(51)52/h3-8,11-14,28,31-34H,9-10,15-27,42-44H2,1-2H3,(H,45,49)(H,51,52)/t31-,32-,33+,34+/m0/s1. The Morgan fingerprint density at radius 3 is 1.92 bits per heavy atom. The van der Waals surface area contributed by atoms with Crippen molar-refractivity contribution in [2.45, 2.75) is 109 Å². The molecular formula is C41H59N5O6. The number of carboxylic acid groups (broad SMARTS) is 1. The lowest BCUT2D eigenvalue weighted by Crippen LogP contribution is -2.65. The minimum atomic E-state index is -1.19. The van der Waals surface area contributed by atoms with Crippen molar-refractivity contribution in [2.24, 2.45) is 40.4 Å². The van der Waals surface area contributed by atoms with Crippen LogP contribution in [0.3, 0.4) is 0 Å². The van der Waals surface area contributed by atoms with Crippen molar-refractivity contribution in [1.29, 1.82) is 0 Å². The normalized spacial score (nSPS) is 18.5. The number of rotatable bonds is 20. The van der Waals surface area contributed by atoms with Gasteiger partial charge in [-0.15, -0.1) is 0 Å². The quantitative estimate of drug-likeness (QED) is 0.127. The number of carbonyl (C=O) groups excluding carboxylic acids is 4. The first-order valence-corrected chi connectivity index (χ1v) is 18.9. The molecule has 2 aliphatic rings. The third-order valence-corrected chi connectivity index (χ3v) is 11.0. The molecule has 2 fully saturated rings. The molecule has 2 aromatic carbocycles. The number of nitrogens with zero attached hydrogens (tertiary/aromatic N) is 1. The Labute approximate surface area is 308 Å². The van der Waals surface area contributed by atoms with E-state index in [1.165, 1.54) is 0 Å². The minimum absolute atomic E-state index is 0.0160. The van der Waals surface area contributed by atoms with Crippen LogP contribution in [0.4, 0.5) is 0 Å². The third kappa shape index (κ3) is 11.3. The predicted molar refractivity (Wildman–Crippen MR) is 201 cm³/mol. The predicted octanol–water partition coefficient (Wildman–Crippen LogP) is 3.79. The number of benzene rings is 2. The molecule has 1 aliphatic heterocycles. The van der Waals surface area contributed by atoms with Gasteiger partial charge in [-0.3, -0.25) is 24.0 Å². The Balaban J connectivity index is 1.45. The van der Waals surface area contributed by atoms with Crippen molar-refractivity contribution in [3.63, 3.8) is 0 Å². The summed E-state index contributed by atoms with van der Waals surface area (Å²) in [6, 6.07) is 17.4. The molecule has 1 saturated carbocycles. The number of Topliss-reactive ketones (excluding diaryl/α,β-unsaturated/α-hetero) is 2. The Morgan fingerprint density at radius 2 is 1.38 bits per heavy atom. The lowest BCUT2D eigenvalue weighted by molar-refractivity contribution is -0.158. The zero-order chi connectivity index (χ0) is 37.9. The van der Waals surface area contributed by atoms with E-state index in [1.54, 1.807) is 4.90 Å². The number of nitrogens with two attached hydrogens (primary N) is 3. The average Bonchev–Trinajstić information content (AvgIpc) is 3.10. The van der Waals surface area contributed by atoms with Gasteiger partial charge in [-0.05, 0) is 86.8 Å². The zero-order valence-corrected chi connectivity index (χ0v) is 30.9. The molecule has 4 atom stereocenters. The highest BCUT2D eigenvalue weighted by Gasteiger charge is 2.57. The van der Waals surface area contributed by atoms with E-state index in [2.05, 4.69) is 5.32 Å². The maximum absolute atomic E-state index is 14.1. The van der Waals surface area contributed by atoms with Crippen LogP contribution < -0.4 is 22.5 Å².